The van der Waals surface area contributed by atoms with Crippen molar-refractivity contribution in [2.45, 2.75) is 58.8 Å². The Morgan fingerprint density at radius 2 is 1.60 bits per heavy atom. The van der Waals surface area contributed by atoms with Crippen LogP contribution in [-0.2, 0) is 15.0 Å². The van der Waals surface area contributed by atoms with Gasteiger partial charge in [-0.2, -0.15) is 0 Å². The number of carbonyl (C=O) groups excluding carboxylic acids is 2. The highest BCUT2D eigenvalue weighted by atomic mass is 32.2. The second-order valence-corrected chi connectivity index (χ2v) is 11.2. The second-order valence-electron chi connectivity index (χ2n) is 10.1. The monoisotopic (exact) mass is 424 g/mol. The fourth-order valence-corrected chi connectivity index (χ4v) is 4.67. The molecule has 0 saturated carbocycles. The molecule has 1 saturated heterocycles. The molecule has 1 N–H and O–H groups in total. The van der Waals surface area contributed by atoms with Gasteiger partial charge in [0.25, 0.3) is 0 Å². The summed E-state index contributed by atoms with van der Waals surface area (Å²) in [7, 11) is 0. The molecule has 1 aliphatic heterocycles. The number of thioether (sulfide) groups is 1. The molecule has 0 aromatic heterocycles. The number of hydrogen-bond donors (Lipinski definition) is 1. The van der Waals surface area contributed by atoms with Crippen LogP contribution < -0.4 is 10.2 Å². The Hall–Kier alpha value is -2.27. The first-order valence-corrected chi connectivity index (χ1v) is 11.4. The highest BCUT2D eigenvalue weighted by Gasteiger charge is 2.34. The molecule has 160 valence electrons. The van der Waals surface area contributed by atoms with E-state index in [1.54, 1.807) is 11.8 Å². The molecule has 4 nitrogen and oxygen atoms in total. The minimum absolute atomic E-state index is 0.0150. The van der Waals surface area contributed by atoms with Crippen molar-refractivity contribution >= 4 is 35.0 Å². The molecule has 2 aromatic carbocycles. The SMILES string of the molecule is CC(C)(C)CC(=O)Nc1ccc([C@@H]2SCC(=O)N2c2ccc(C(C)(C)C)cc2)cc1. The van der Waals surface area contributed by atoms with E-state index in [1.165, 1.54) is 5.56 Å². The summed E-state index contributed by atoms with van der Waals surface area (Å²) in [5, 5.41) is 2.90. The summed E-state index contributed by atoms with van der Waals surface area (Å²) in [6, 6.07) is 16.1. The van der Waals surface area contributed by atoms with Gasteiger partial charge in [0.1, 0.15) is 5.37 Å². The van der Waals surface area contributed by atoms with Crippen LogP contribution in [0, 0.1) is 5.41 Å². The van der Waals surface area contributed by atoms with Crippen LogP contribution in [0.1, 0.15) is 64.5 Å². The van der Waals surface area contributed by atoms with Gasteiger partial charge in [0.15, 0.2) is 0 Å². The first kappa shape index (κ1) is 22.4. The van der Waals surface area contributed by atoms with Gasteiger partial charge in [0, 0.05) is 17.8 Å². The molecule has 0 spiro atoms. The Morgan fingerprint density at radius 1 is 1.00 bits per heavy atom. The molecule has 0 radical (unpaired) electrons. The summed E-state index contributed by atoms with van der Waals surface area (Å²) in [6.07, 6.45) is 0.472. The molecule has 0 aliphatic carbocycles. The Kier molecular flexibility index (Phi) is 6.32. The molecule has 30 heavy (non-hydrogen) atoms. The lowest BCUT2D eigenvalue weighted by Gasteiger charge is -2.26. The van der Waals surface area contributed by atoms with Crippen LogP contribution in [0.25, 0.3) is 0 Å². The lowest BCUT2D eigenvalue weighted by Crippen LogP contribution is -2.28. The number of nitrogens with zero attached hydrogens (tertiary/aromatic N) is 1. The van der Waals surface area contributed by atoms with Crippen LogP contribution in [0.15, 0.2) is 48.5 Å². The average molecular weight is 425 g/mol. The molecule has 1 aliphatic rings. The highest BCUT2D eigenvalue weighted by Crippen LogP contribution is 2.42. The molecule has 2 amide bonds. The third-order valence-electron chi connectivity index (χ3n) is 5.05. The van der Waals surface area contributed by atoms with Gasteiger partial charge in [0.05, 0.1) is 5.75 Å². The van der Waals surface area contributed by atoms with Gasteiger partial charge < -0.3 is 5.32 Å². The Balaban J connectivity index is 1.76. The maximum absolute atomic E-state index is 12.6. The molecular weight excluding hydrogens is 392 g/mol. The molecule has 1 atom stereocenters. The van der Waals surface area contributed by atoms with Crippen molar-refractivity contribution in [3.63, 3.8) is 0 Å². The Morgan fingerprint density at radius 3 is 2.13 bits per heavy atom. The van der Waals surface area contributed by atoms with Crippen LogP contribution in [0.4, 0.5) is 11.4 Å². The summed E-state index contributed by atoms with van der Waals surface area (Å²) in [4.78, 5) is 26.7. The molecule has 3 rings (SSSR count). The molecule has 1 fully saturated rings. The maximum atomic E-state index is 12.6. The number of nitrogens with one attached hydrogen (secondary N) is 1. The van der Waals surface area contributed by atoms with Crippen molar-refractivity contribution in [3.05, 3.63) is 59.7 Å². The minimum atomic E-state index is -0.0580. The van der Waals surface area contributed by atoms with Gasteiger partial charge in [-0.3, -0.25) is 14.5 Å². The second kappa shape index (κ2) is 8.46. The lowest BCUT2D eigenvalue weighted by atomic mass is 9.87. The fraction of sp³-hybridized carbons (Fsp3) is 0.440. The summed E-state index contributed by atoms with van der Waals surface area (Å²) in [5.74, 6) is 0.604. The quantitative estimate of drug-likeness (QED) is 0.641. The topological polar surface area (TPSA) is 49.4 Å². The Labute approximate surface area is 184 Å². The van der Waals surface area contributed by atoms with E-state index < -0.39 is 0 Å². The van der Waals surface area contributed by atoms with E-state index in [1.807, 2.05) is 62.1 Å². The number of benzene rings is 2. The first-order valence-electron chi connectivity index (χ1n) is 10.4. The molecule has 1 heterocycles. The van der Waals surface area contributed by atoms with Crippen LogP contribution in [-0.4, -0.2) is 17.6 Å². The zero-order valence-electron chi connectivity index (χ0n) is 18.8. The van der Waals surface area contributed by atoms with E-state index in [-0.39, 0.29) is 28.0 Å². The fourth-order valence-electron chi connectivity index (χ4n) is 3.49. The molecule has 2 aromatic rings. The van der Waals surface area contributed by atoms with Crippen molar-refractivity contribution in [1.82, 2.24) is 0 Å². The standard InChI is InChI=1S/C25H32N2O2S/c1-24(2,3)15-21(28)26-19-11-7-17(8-12-19)23-27(22(29)16-30-23)20-13-9-18(10-14-20)25(4,5)6/h7-14,23H,15-16H2,1-6H3,(H,26,28)/t23-/m0/s1. The van der Waals surface area contributed by atoms with Crippen LogP contribution in [0.5, 0.6) is 0 Å². The lowest BCUT2D eigenvalue weighted by molar-refractivity contribution is -0.118. The predicted molar refractivity (Wildman–Crippen MR) is 127 cm³/mol. The smallest absolute Gasteiger partial charge is 0.238 e. The number of carbonyl (C=O) groups is 2. The van der Waals surface area contributed by atoms with Gasteiger partial charge in [-0.05, 0) is 46.2 Å². The van der Waals surface area contributed by atoms with Crippen molar-refractivity contribution in [2.24, 2.45) is 5.41 Å². The average Bonchev–Trinajstić information content (AvgIpc) is 3.01. The van der Waals surface area contributed by atoms with Crippen molar-refractivity contribution in [1.29, 1.82) is 0 Å². The number of anilines is 2. The van der Waals surface area contributed by atoms with Gasteiger partial charge in [-0.25, -0.2) is 0 Å². The Bertz CT molecular complexity index is 906. The zero-order valence-corrected chi connectivity index (χ0v) is 19.6. The van der Waals surface area contributed by atoms with E-state index >= 15 is 0 Å². The summed E-state index contributed by atoms with van der Waals surface area (Å²) in [6.45, 7) is 12.7. The van der Waals surface area contributed by atoms with E-state index in [0.29, 0.717) is 12.2 Å². The van der Waals surface area contributed by atoms with Crippen LogP contribution >= 0.6 is 11.8 Å². The summed E-state index contributed by atoms with van der Waals surface area (Å²) >= 11 is 1.63. The molecule has 0 unspecified atom stereocenters. The number of hydrogen-bond acceptors (Lipinski definition) is 3. The van der Waals surface area contributed by atoms with Gasteiger partial charge in [0.2, 0.25) is 11.8 Å². The number of amides is 2. The molecule has 5 heteroatoms. The number of rotatable bonds is 4. The van der Waals surface area contributed by atoms with Crippen LogP contribution in [0.2, 0.25) is 0 Å². The largest absolute Gasteiger partial charge is 0.326 e. The third-order valence-corrected chi connectivity index (χ3v) is 6.26. The maximum Gasteiger partial charge on any atom is 0.238 e. The van der Waals surface area contributed by atoms with Crippen molar-refractivity contribution in [2.75, 3.05) is 16.0 Å². The zero-order chi connectivity index (χ0) is 22.1. The van der Waals surface area contributed by atoms with Gasteiger partial charge in [-0.1, -0.05) is 65.8 Å². The first-order chi connectivity index (χ1) is 13.9. The van der Waals surface area contributed by atoms with Gasteiger partial charge in [-0.15, -0.1) is 11.8 Å². The summed E-state index contributed by atoms with van der Waals surface area (Å²) in [5.41, 5.74) is 4.04. The van der Waals surface area contributed by atoms with E-state index in [0.717, 1.165) is 16.9 Å². The highest BCUT2D eigenvalue weighted by molar-refractivity contribution is 8.00. The minimum Gasteiger partial charge on any atom is -0.326 e. The van der Waals surface area contributed by atoms with E-state index in [4.69, 9.17) is 0 Å². The summed E-state index contributed by atoms with van der Waals surface area (Å²) < 4.78 is 0. The molecular formula is C25H32N2O2S. The normalized spacial score (nSPS) is 17.3. The predicted octanol–water partition coefficient (Wildman–Crippen LogP) is 6.14. The molecule has 0 bridgehead atoms. The van der Waals surface area contributed by atoms with Crippen molar-refractivity contribution in [3.8, 4) is 0 Å². The van der Waals surface area contributed by atoms with Crippen molar-refractivity contribution < 1.29 is 9.59 Å². The third kappa shape index (κ3) is 5.45. The van der Waals surface area contributed by atoms with Crippen LogP contribution in [0.3, 0.4) is 0 Å². The van der Waals surface area contributed by atoms with Gasteiger partial charge >= 0.3 is 0 Å². The van der Waals surface area contributed by atoms with E-state index in [2.05, 4.69) is 38.2 Å². The van der Waals surface area contributed by atoms with E-state index in [9.17, 15) is 9.59 Å².